The van der Waals surface area contributed by atoms with Gasteiger partial charge in [0.15, 0.2) is 0 Å². The van der Waals surface area contributed by atoms with Gasteiger partial charge in [-0.2, -0.15) is 0 Å². The smallest absolute Gasteiger partial charge is 0.326 e. The molecule has 1 aliphatic carbocycles. The van der Waals surface area contributed by atoms with Crippen LogP contribution in [0.1, 0.15) is 49.1 Å². The number of hydrogen-bond acceptors (Lipinski definition) is 5. The third-order valence-electron chi connectivity index (χ3n) is 7.92. The van der Waals surface area contributed by atoms with Crippen LogP contribution >= 0.6 is 0 Å². The van der Waals surface area contributed by atoms with Gasteiger partial charge in [-0.15, -0.1) is 0 Å². The Labute approximate surface area is 233 Å². The van der Waals surface area contributed by atoms with Crippen molar-refractivity contribution in [3.8, 4) is 16.9 Å². The molecule has 1 saturated carbocycles. The molecular formula is C32H34N2O6. The number of carbonyl (C=O) groups is 3. The molecule has 1 aliphatic heterocycles. The van der Waals surface area contributed by atoms with Crippen LogP contribution in [0.3, 0.4) is 0 Å². The van der Waals surface area contributed by atoms with Gasteiger partial charge in [0, 0.05) is 12.1 Å². The number of urea groups is 1. The Morgan fingerprint density at radius 2 is 1.70 bits per heavy atom. The number of ether oxygens (including phenoxy) is 2. The molecule has 1 fully saturated rings. The molecule has 8 heteroatoms. The van der Waals surface area contributed by atoms with Gasteiger partial charge in [-0.25, -0.2) is 4.79 Å². The largest absolute Gasteiger partial charge is 0.490 e. The normalized spacial score (nSPS) is 18.3. The lowest BCUT2D eigenvalue weighted by Gasteiger charge is -2.30. The third kappa shape index (κ3) is 6.28. The van der Waals surface area contributed by atoms with Gasteiger partial charge in [-0.3, -0.25) is 14.5 Å². The van der Waals surface area contributed by atoms with Crippen molar-refractivity contribution in [2.24, 2.45) is 5.92 Å². The lowest BCUT2D eigenvalue weighted by molar-refractivity contribution is -0.140. The van der Waals surface area contributed by atoms with Gasteiger partial charge < -0.3 is 19.9 Å². The fraction of sp³-hybridized carbons (Fsp3) is 0.344. The Hall–Kier alpha value is -4.33. The van der Waals surface area contributed by atoms with E-state index in [0.29, 0.717) is 47.7 Å². The van der Waals surface area contributed by atoms with Crippen LogP contribution in [-0.4, -0.2) is 43.3 Å². The van der Waals surface area contributed by atoms with Crippen molar-refractivity contribution in [2.75, 3.05) is 30.5 Å². The van der Waals surface area contributed by atoms with Crippen molar-refractivity contribution in [3.63, 3.8) is 0 Å². The molecule has 3 aromatic carbocycles. The highest BCUT2D eigenvalue weighted by Crippen LogP contribution is 2.39. The fourth-order valence-electron chi connectivity index (χ4n) is 5.71. The van der Waals surface area contributed by atoms with Gasteiger partial charge in [0.05, 0.1) is 25.8 Å². The predicted octanol–water partition coefficient (Wildman–Crippen LogP) is 6.25. The molecule has 0 spiro atoms. The van der Waals surface area contributed by atoms with Gasteiger partial charge in [-0.05, 0) is 78.0 Å². The van der Waals surface area contributed by atoms with E-state index in [1.165, 1.54) is 12.7 Å². The molecule has 5 rings (SSSR count). The molecule has 2 N–H and O–H groups in total. The number of nitrogens with zero attached hydrogens (tertiary/aromatic N) is 1. The van der Waals surface area contributed by atoms with Crippen molar-refractivity contribution < 1.29 is 29.0 Å². The van der Waals surface area contributed by atoms with Crippen LogP contribution in [0.25, 0.3) is 11.1 Å². The zero-order chi connectivity index (χ0) is 28.1. The van der Waals surface area contributed by atoms with Crippen LogP contribution in [0.5, 0.6) is 5.75 Å². The summed E-state index contributed by atoms with van der Waals surface area (Å²) in [6, 6.07) is 21.3. The summed E-state index contributed by atoms with van der Waals surface area (Å²) in [6.07, 6.45) is 4.31. The molecular weight excluding hydrogens is 508 g/mol. The monoisotopic (exact) mass is 542 g/mol. The molecule has 0 bridgehead atoms. The van der Waals surface area contributed by atoms with E-state index in [-0.39, 0.29) is 24.8 Å². The first-order valence-electron chi connectivity index (χ1n) is 13.7. The van der Waals surface area contributed by atoms with Crippen LogP contribution in [0.2, 0.25) is 0 Å². The van der Waals surface area contributed by atoms with Crippen LogP contribution < -0.4 is 15.0 Å². The summed E-state index contributed by atoms with van der Waals surface area (Å²) in [4.78, 5) is 37.7. The Kier molecular flexibility index (Phi) is 8.34. The molecule has 2 amide bonds. The SMILES string of the molecule is COC(=O)Cc1ccccc1NC(=O)N1CCOc2cc(-c3ccc(C4CCC(CC(=O)O)CC4)cc3)ccc21. The number of methoxy groups -OCH3 is 1. The summed E-state index contributed by atoms with van der Waals surface area (Å²) in [5, 5.41) is 12.0. The number of carbonyl (C=O) groups excluding carboxylic acids is 2. The number of hydrogen-bond donors (Lipinski definition) is 2. The van der Waals surface area contributed by atoms with Crippen molar-refractivity contribution in [1.29, 1.82) is 0 Å². The van der Waals surface area contributed by atoms with Gasteiger partial charge in [0.25, 0.3) is 0 Å². The van der Waals surface area contributed by atoms with E-state index >= 15 is 0 Å². The number of carboxylic acid groups (broad SMARTS) is 1. The van der Waals surface area contributed by atoms with E-state index in [1.54, 1.807) is 17.0 Å². The maximum atomic E-state index is 13.3. The molecule has 0 radical (unpaired) electrons. The van der Waals surface area contributed by atoms with Crippen molar-refractivity contribution in [1.82, 2.24) is 0 Å². The maximum absolute atomic E-state index is 13.3. The first-order chi connectivity index (χ1) is 19.4. The van der Waals surface area contributed by atoms with Crippen LogP contribution in [0, 0.1) is 5.92 Å². The summed E-state index contributed by atoms with van der Waals surface area (Å²) in [5.41, 5.74) is 5.30. The number of rotatable bonds is 7. The summed E-state index contributed by atoms with van der Waals surface area (Å²) in [6.45, 7) is 0.776. The van der Waals surface area contributed by atoms with E-state index in [9.17, 15) is 14.4 Å². The van der Waals surface area contributed by atoms with Crippen molar-refractivity contribution >= 4 is 29.3 Å². The van der Waals surface area contributed by atoms with Gasteiger partial charge in [0.1, 0.15) is 12.4 Å². The van der Waals surface area contributed by atoms with Crippen LogP contribution in [0.15, 0.2) is 66.7 Å². The molecule has 40 heavy (non-hydrogen) atoms. The lowest BCUT2D eigenvalue weighted by Crippen LogP contribution is -2.40. The number of esters is 1. The minimum Gasteiger partial charge on any atom is -0.490 e. The number of carboxylic acids is 1. The number of amides is 2. The maximum Gasteiger partial charge on any atom is 0.326 e. The van der Waals surface area contributed by atoms with E-state index < -0.39 is 5.97 Å². The topological polar surface area (TPSA) is 105 Å². The van der Waals surface area contributed by atoms with E-state index in [0.717, 1.165) is 36.8 Å². The Bertz CT molecular complexity index is 1380. The zero-order valence-electron chi connectivity index (χ0n) is 22.6. The number of anilines is 2. The summed E-state index contributed by atoms with van der Waals surface area (Å²) >= 11 is 0. The zero-order valence-corrected chi connectivity index (χ0v) is 22.6. The summed E-state index contributed by atoms with van der Waals surface area (Å²) in [7, 11) is 1.34. The number of benzene rings is 3. The first kappa shape index (κ1) is 27.2. The van der Waals surface area contributed by atoms with Crippen molar-refractivity contribution in [2.45, 2.75) is 44.4 Å². The molecule has 208 valence electrons. The molecule has 1 heterocycles. The average molecular weight is 543 g/mol. The number of aliphatic carboxylic acids is 1. The van der Waals surface area contributed by atoms with Gasteiger partial charge in [-0.1, -0.05) is 48.5 Å². The van der Waals surface area contributed by atoms with Crippen molar-refractivity contribution in [3.05, 3.63) is 77.9 Å². The highest BCUT2D eigenvalue weighted by atomic mass is 16.5. The van der Waals surface area contributed by atoms with E-state index in [2.05, 4.69) is 29.6 Å². The number of fused-ring (bicyclic) bond motifs is 1. The second-order valence-corrected chi connectivity index (χ2v) is 10.5. The molecule has 0 aromatic heterocycles. The van der Waals surface area contributed by atoms with Crippen LogP contribution in [0.4, 0.5) is 16.2 Å². The predicted molar refractivity (Wildman–Crippen MR) is 153 cm³/mol. The lowest BCUT2D eigenvalue weighted by atomic mass is 9.77. The highest BCUT2D eigenvalue weighted by molar-refractivity contribution is 6.03. The molecule has 8 nitrogen and oxygen atoms in total. The highest BCUT2D eigenvalue weighted by Gasteiger charge is 2.26. The molecule has 2 aliphatic rings. The molecule has 0 atom stereocenters. The van der Waals surface area contributed by atoms with Crippen LogP contribution in [-0.2, 0) is 20.7 Å². The molecule has 0 unspecified atom stereocenters. The number of para-hydroxylation sites is 1. The fourth-order valence-corrected chi connectivity index (χ4v) is 5.71. The van der Waals surface area contributed by atoms with Gasteiger partial charge >= 0.3 is 18.0 Å². The Morgan fingerprint density at radius 3 is 2.42 bits per heavy atom. The van der Waals surface area contributed by atoms with E-state index in [4.69, 9.17) is 14.6 Å². The minimum absolute atomic E-state index is 0.0702. The summed E-state index contributed by atoms with van der Waals surface area (Å²) < 4.78 is 10.7. The first-order valence-corrected chi connectivity index (χ1v) is 13.7. The molecule has 3 aromatic rings. The Morgan fingerprint density at radius 1 is 0.975 bits per heavy atom. The van der Waals surface area contributed by atoms with E-state index in [1.807, 2.05) is 30.3 Å². The third-order valence-corrected chi connectivity index (χ3v) is 7.92. The second kappa shape index (κ2) is 12.2. The average Bonchev–Trinajstić information content (AvgIpc) is 2.97. The molecule has 0 saturated heterocycles. The second-order valence-electron chi connectivity index (χ2n) is 10.5. The van der Waals surface area contributed by atoms with Gasteiger partial charge in [0.2, 0.25) is 0 Å². The quantitative estimate of drug-likeness (QED) is 0.342. The Balaban J connectivity index is 1.27. The summed E-state index contributed by atoms with van der Waals surface area (Å²) in [5.74, 6) is 0.326. The number of nitrogens with one attached hydrogen (secondary N) is 1. The minimum atomic E-state index is -0.702. The standard InChI is InChI=1S/C32H34N2O6/c1-39-31(37)20-26-4-2-3-5-27(26)33-32(38)34-16-17-40-29-19-25(14-15-28(29)34)24-12-10-23(11-13-24)22-8-6-21(7-9-22)18-30(35)36/h2-5,10-15,19,21-22H,6-9,16-18,20H2,1H3,(H,33,38)(H,35,36).